The number of hydrogen-bond donors (Lipinski definition) is 1. The van der Waals surface area contributed by atoms with Crippen LogP contribution in [0.3, 0.4) is 0 Å². The molecule has 1 fully saturated rings. The van der Waals surface area contributed by atoms with Crippen molar-refractivity contribution in [1.29, 1.82) is 0 Å². The number of fused-ring (bicyclic) bond motifs is 1. The van der Waals surface area contributed by atoms with Crippen LogP contribution in [0.5, 0.6) is 0 Å². The van der Waals surface area contributed by atoms with Gasteiger partial charge in [0, 0.05) is 16.2 Å². The molecule has 0 saturated heterocycles. The summed E-state index contributed by atoms with van der Waals surface area (Å²) in [7, 11) is 0. The molecule has 2 heterocycles. The molecule has 6 heteroatoms. The van der Waals surface area contributed by atoms with Crippen LogP contribution in [-0.2, 0) is 12.8 Å². The zero-order valence-electron chi connectivity index (χ0n) is 16.5. The standard InChI is InChI=1S/C21H29N3OS2/c1-21(2,3)14-9-10-15-16(12-26-17(15)11-14)18(25)22-20-24-23-19(27-20)13-7-5-4-6-8-13/h12-14H,4-11H2,1-3H3,(H,22,24,25). The summed E-state index contributed by atoms with van der Waals surface area (Å²) in [5.74, 6) is 1.21. The van der Waals surface area contributed by atoms with Crippen molar-refractivity contribution in [3.8, 4) is 0 Å². The summed E-state index contributed by atoms with van der Waals surface area (Å²) in [5, 5.41) is 15.4. The van der Waals surface area contributed by atoms with Gasteiger partial charge in [-0.1, -0.05) is 51.4 Å². The van der Waals surface area contributed by atoms with Crippen LogP contribution in [0.1, 0.15) is 91.0 Å². The van der Waals surface area contributed by atoms with Crippen LogP contribution in [0, 0.1) is 11.3 Å². The van der Waals surface area contributed by atoms with Gasteiger partial charge in [0.25, 0.3) is 5.91 Å². The topological polar surface area (TPSA) is 54.9 Å². The fourth-order valence-corrected chi connectivity index (χ4v) is 6.47. The SMILES string of the molecule is CC(C)(C)C1CCc2c(C(=O)Nc3nnc(C4CCCCC4)s3)csc2C1. The van der Waals surface area contributed by atoms with Crippen molar-refractivity contribution in [3.05, 3.63) is 26.4 Å². The Labute approximate surface area is 169 Å². The molecule has 2 aliphatic rings. The van der Waals surface area contributed by atoms with Gasteiger partial charge in [-0.25, -0.2) is 0 Å². The van der Waals surface area contributed by atoms with Gasteiger partial charge in [0.15, 0.2) is 0 Å². The van der Waals surface area contributed by atoms with Gasteiger partial charge in [-0.3, -0.25) is 10.1 Å². The van der Waals surface area contributed by atoms with E-state index in [1.165, 1.54) is 42.5 Å². The molecule has 0 aromatic carbocycles. The van der Waals surface area contributed by atoms with Crippen molar-refractivity contribution < 1.29 is 4.79 Å². The fraction of sp³-hybridized carbons (Fsp3) is 0.667. The molecule has 146 valence electrons. The summed E-state index contributed by atoms with van der Waals surface area (Å²) >= 11 is 3.30. The van der Waals surface area contributed by atoms with Gasteiger partial charge < -0.3 is 0 Å². The van der Waals surface area contributed by atoms with E-state index >= 15 is 0 Å². The molecule has 1 N–H and O–H groups in total. The van der Waals surface area contributed by atoms with E-state index in [2.05, 4.69) is 36.3 Å². The number of carbonyl (C=O) groups is 1. The molecule has 27 heavy (non-hydrogen) atoms. The highest BCUT2D eigenvalue weighted by Gasteiger charge is 2.32. The van der Waals surface area contributed by atoms with Crippen molar-refractivity contribution in [2.45, 2.75) is 78.1 Å². The molecule has 1 saturated carbocycles. The van der Waals surface area contributed by atoms with Gasteiger partial charge in [-0.15, -0.1) is 21.5 Å². The number of aromatic nitrogens is 2. The Kier molecular flexibility index (Phi) is 5.39. The summed E-state index contributed by atoms with van der Waals surface area (Å²) in [6.07, 6.45) is 9.57. The van der Waals surface area contributed by atoms with E-state index in [-0.39, 0.29) is 5.91 Å². The highest BCUT2D eigenvalue weighted by molar-refractivity contribution is 7.15. The highest BCUT2D eigenvalue weighted by atomic mass is 32.1. The predicted molar refractivity (Wildman–Crippen MR) is 113 cm³/mol. The minimum Gasteiger partial charge on any atom is -0.296 e. The lowest BCUT2D eigenvalue weighted by Crippen LogP contribution is -2.27. The molecule has 1 atom stereocenters. The summed E-state index contributed by atoms with van der Waals surface area (Å²) in [4.78, 5) is 14.2. The van der Waals surface area contributed by atoms with Crippen LogP contribution in [0.2, 0.25) is 0 Å². The molecular formula is C21H29N3OS2. The molecule has 2 aromatic heterocycles. The molecule has 4 rings (SSSR count). The van der Waals surface area contributed by atoms with Gasteiger partial charge in [-0.2, -0.15) is 0 Å². The second-order valence-electron chi connectivity index (χ2n) is 9.09. The first-order valence-corrected chi connectivity index (χ1v) is 11.9. The maximum absolute atomic E-state index is 12.8. The van der Waals surface area contributed by atoms with E-state index in [0.29, 0.717) is 22.4 Å². The number of hydrogen-bond acceptors (Lipinski definition) is 5. The lowest BCUT2D eigenvalue weighted by molar-refractivity contribution is 0.102. The van der Waals surface area contributed by atoms with Crippen LogP contribution in [0.25, 0.3) is 0 Å². The molecular weight excluding hydrogens is 374 g/mol. The van der Waals surface area contributed by atoms with Crippen molar-refractivity contribution >= 4 is 33.7 Å². The third-order valence-corrected chi connectivity index (χ3v) is 8.29. The van der Waals surface area contributed by atoms with Crippen LogP contribution in [0.4, 0.5) is 5.13 Å². The van der Waals surface area contributed by atoms with E-state index < -0.39 is 0 Å². The largest absolute Gasteiger partial charge is 0.296 e. The molecule has 1 unspecified atom stereocenters. The summed E-state index contributed by atoms with van der Waals surface area (Å²) in [6, 6.07) is 0. The molecule has 0 radical (unpaired) electrons. The minimum atomic E-state index is -0.0203. The lowest BCUT2D eigenvalue weighted by atomic mass is 9.72. The second-order valence-corrected chi connectivity index (χ2v) is 11.1. The summed E-state index contributed by atoms with van der Waals surface area (Å²) in [5.41, 5.74) is 2.43. The van der Waals surface area contributed by atoms with Crippen molar-refractivity contribution in [3.63, 3.8) is 0 Å². The highest BCUT2D eigenvalue weighted by Crippen LogP contribution is 2.41. The smallest absolute Gasteiger partial charge is 0.258 e. The average molecular weight is 404 g/mol. The average Bonchev–Trinajstić information content (AvgIpc) is 3.28. The van der Waals surface area contributed by atoms with E-state index in [0.717, 1.165) is 29.8 Å². The summed E-state index contributed by atoms with van der Waals surface area (Å²) < 4.78 is 0. The van der Waals surface area contributed by atoms with E-state index in [9.17, 15) is 4.79 Å². The number of thiophene rings is 1. The first-order chi connectivity index (χ1) is 12.9. The fourth-order valence-electron chi connectivity index (χ4n) is 4.41. The maximum Gasteiger partial charge on any atom is 0.258 e. The Morgan fingerprint density at radius 2 is 1.93 bits per heavy atom. The van der Waals surface area contributed by atoms with E-state index in [4.69, 9.17) is 0 Å². The molecule has 0 spiro atoms. The Balaban J connectivity index is 1.44. The van der Waals surface area contributed by atoms with Gasteiger partial charge in [-0.05, 0) is 49.0 Å². The first kappa shape index (κ1) is 19.1. The van der Waals surface area contributed by atoms with Crippen molar-refractivity contribution in [1.82, 2.24) is 10.2 Å². The second kappa shape index (κ2) is 7.63. The van der Waals surface area contributed by atoms with Gasteiger partial charge in [0.05, 0.1) is 5.56 Å². The van der Waals surface area contributed by atoms with Gasteiger partial charge in [0.1, 0.15) is 5.01 Å². The Bertz CT molecular complexity index is 812. The number of rotatable bonds is 3. The molecule has 1 amide bonds. The normalized spacial score (nSPS) is 21.1. The lowest BCUT2D eigenvalue weighted by Gasteiger charge is -2.34. The Morgan fingerprint density at radius 1 is 1.15 bits per heavy atom. The zero-order chi connectivity index (χ0) is 19.0. The summed E-state index contributed by atoms with van der Waals surface area (Å²) in [6.45, 7) is 6.97. The molecule has 4 nitrogen and oxygen atoms in total. The van der Waals surface area contributed by atoms with Crippen LogP contribution >= 0.6 is 22.7 Å². The molecule has 2 aromatic rings. The third kappa shape index (κ3) is 4.11. The molecule has 0 aliphatic heterocycles. The number of nitrogens with zero attached hydrogens (tertiary/aromatic N) is 2. The maximum atomic E-state index is 12.8. The zero-order valence-corrected chi connectivity index (χ0v) is 18.1. The molecule has 0 bridgehead atoms. The number of amides is 1. The Hall–Kier alpha value is -1.27. The molecule has 2 aliphatic carbocycles. The first-order valence-electron chi connectivity index (χ1n) is 10.2. The van der Waals surface area contributed by atoms with E-state index in [1.54, 1.807) is 22.7 Å². The quantitative estimate of drug-likeness (QED) is 0.678. The monoisotopic (exact) mass is 403 g/mol. The Morgan fingerprint density at radius 3 is 2.67 bits per heavy atom. The number of nitrogens with one attached hydrogen (secondary N) is 1. The minimum absolute atomic E-state index is 0.0203. The number of carbonyl (C=O) groups excluding carboxylic acids is 1. The number of anilines is 1. The van der Waals surface area contributed by atoms with Gasteiger partial charge >= 0.3 is 0 Å². The van der Waals surface area contributed by atoms with Crippen LogP contribution in [0.15, 0.2) is 5.38 Å². The van der Waals surface area contributed by atoms with Crippen LogP contribution in [-0.4, -0.2) is 16.1 Å². The van der Waals surface area contributed by atoms with Crippen molar-refractivity contribution in [2.75, 3.05) is 5.32 Å². The van der Waals surface area contributed by atoms with Crippen LogP contribution < -0.4 is 5.32 Å². The van der Waals surface area contributed by atoms with Gasteiger partial charge in [0.2, 0.25) is 5.13 Å². The third-order valence-electron chi connectivity index (χ3n) is 6.24. The van der Waals surface area contributed by atoms with Crippen molar-refractivity contribution in [2.24, 2.45) is 11.3 Å². The van der Waals surface area contributed by atoms with E-state index in [1.807, 2.05) is 5.38 Å². The predicted octanol–water partition coefficient (Wildman–Crippen LogP) is 6.05.